The predicted molar refractivity (Wildman–Crippen MR) is 76.7 cm³/mol. The molecule has 2 rings (SSSR count). The smallest absolute Gasteiger partial charge is 0.240 e. The lowest BCUT2D eigenvalue weighted by Crippen LogP contribution is -2.33. The van der Waals surface area contributed by atoms with Gasteiger partial charge in [0.2, 0.25) is 10.0 Å². The van der Waals surface area contributed by atoms with Crippen LogP contribution in [0.5, 0.6) is 5.75 Å². The third-order valence-electron chi connectivity index (χ3n) is 3.10. The summed E-state index contributed by atoms with van der Waals surface area (Å²) < 4.78 is 32.0. The second-order valence-electron chi connectivity index (χ2n) is 4.59. The van der Waals surface area contributed by atoms with E-state index in [1.54, 1.807) is 12.1 Å². The second kappa shape index (κ2) is 6.43. The van der Waals surface area contributed by atoms with Crippen molar-refractivity contribution in [3.8, 4) is 5.75 Å². The van der Waals surface area contributed by atoms with E-state index >= 15 is 0 Å². The third kappa shape index (κ3) is 3.23. The van der Waals surface area contributed by atoms with Crippen LogP contribution in [0.4, 0.5) is 5.69 Å². The summed E-state index contributed by atoms with van der Waals surface area (Å²) in [4.78, 5) is 2.32. The van der Waals surface area contributed by atoms with E-state index in [0.29, 0.717) is 12.4 Å². The number of anilines is 1. The number of hydrogen-bond donors (Lipinski definition) is 2. The van der Waals surface area contributed by atoms with Gasteiger partial charge in [-0.25, -0.2) is 13.1 Å². The highest BCUT2D eigenvalue weighted by Crippen LogP contribution is 2.33. The largest absolute Gasteiger partial charge is 0.490 e. The number of benzene rings is 1. The first kappa shape index (κ1) is 15.1. The topological polar surface area (TPSA) is 78.9 Å². The molecular weight excluding hydrogens is 280 g/mol. The number of aliphatic hydroxyl groups excluding tert-OH is 1. The van der Waals surface area contributed by atoms with Crippen LogP contribution in [0.2, 0.25) is 0 Å². The number of nitrogens with zero attached hydrogens (tertiary/aromatic N) is 1. The third-order valence-corrected chi connectivity index (χ3v) is 4.56. The minimum absolute atomic E-state index is 0.00852. The van der Waals surface area contributed by atoms with Crippen LogP contribution in [0.1, 0.15) is 13.3 Å². The Morgan fingerprint density at radius 3 is 2.95 bits per heavy atom. The van der Waals surface area contributed by atoms with Gasteiger partial charge in [0.15, 0.2) is 0 Å². The number of sulfonamides is 1. The van der Waals surface area contributed by atoms with Gasteiger partial charge in [0.25, 0.3) is 0 Å². The van der Waals surface area contributed by atoms with Crippen LogP contribution in [0.3, 0.4) is 0 Å². The summed E-state index contributed by atoms with van der Waals surface area (Å²) in [5, 5.41) is 8.73. The van der Waals surface area contributed by atoms with Gasteiger partial charge >= 0.3 is 0 Å². The van der Waals surface area contributed by atoms with Gasteiger partial charge in [-0.2, -0.15) is 0 Å². The predicted octanol–water partition coefficient (Wildman–Crippen LogP) is 0.566. The molecule has 20 heavy (non-hydrogen) atoms. The Bertz CT molecular complexity index is 559. The Kier molecular flexibility index (Phi) is 4.85. The molecule has 112 valence electrons. The van der Waals surface area contributed by atoms with E-state index in [2.05, 4.69) is 16.5 Å². The van der Waals surface area contributed by atoms with Crippen LogP contribution in [0, 0.1) is 0 Å². The van der Waals surface area contributed by atoms with Crippen LogP contribution in [-0.2, 0) is 10.0 Å². The van der Waals surface area contributed by atoms with Gasteiger partial charge in [-0.1, -0.05) is 6.92 Å². The van der Waals surface area contributed by atoms with E-state index in [-0.39, 0.29) is 18.0 Å². The Morgan fingerprint density at radius 1 is 1.45 bits per heavy atom. The summed E-state index contributed by atoms with van der Waals surface area (Å²) in [7, 11) is -3.59. The van der Waals surface area contributed by atoms with Crippen molar-refractivity contribution in [3.63, 3.8) is 0 Å². The molecule has 2 N–H and O–H groups in total. The van der Waals surface area contributed by atoms with Crippen molar-refractivity contribution in [1.29, 1.82) is 0 Å². The molecule has 7 heteroatoms. The second-order valence-corrected chi connectivity index (χ2v) is 6.35. The minimum Gasteiger partial charge on any atom is -0.490 e. The normalized spacial score (nSPS) is 14.8. The molecule has 0 saturated carbocycles. The van der Waals surface area contributed by atoms with Gasteiger partial charge < -0.3 is 14.7 Å². The average molecular weight is 300 g/mol. The Hall–Kier alpha value is -1.31. The number of fused-ring (bicyclic) bond motifs is 1. The Balaban J connectivity index is 2.32. The lowest BCUT2D eigenvalue weighted by atomic mass is 10.2. The van der Waals surface area contributed by atoms with E-state index in [9.17, 15) is 8.42 Å². The minimum atomic E-state index is -3.59. The van der Waals surface area contributed by atoms with Crippen LogP contribution < -0.4 is 14.4 Å². The molecule has 6 nitrogen and oxygen atoms in total. The zero-order valence-corrected chi connectivity index (χ0v) is 12.3. The zero-order chi connectivity index (χ0) is 14.6. The quantitative estimate of drug-likeness (QED) is 0.803. The van der Waals surface area contributed by atoms with Crippen LogP contribution in [0.25, 0.3) is 0 Å². The number of nitrogens with one attached hydrogen (secondary N) is 1. The Labute approximate surface area is 119 Å². The van der Waals surface area contributed by atoms with E-state index in [1.807, 2.05) is 0 Å². The molecule has 1 aromatic carbocycles. The highest BCUT2D eigenvalue weighted by Gasteiger charge is 2.21. The van der Waals surface area contributed by atoms with Gasteiger partial charge in [-0.15, -0.1) is 0 Å². The highest BCUT2D eigenvalue weighted by atomic mass is 32.2. The molecule has 0 saturated heterocycles. The molecule has 0 aromatic heterocycles. The maximum atomic E-state index is 12.1. The zero-order valence-electron chi connectivity index (χ0n) is 11.5. The molecule has 1 heterocycles. The monoisotopic (exact) mass is 300 g/mol. The van der Waals surface area contributed by atoms with Gasteiger partial charge in [0.1, 0.15) is 12.4 Å². The van der Waals surface area contributed by atoms with Crippen molar-refractivity contribution in [2.75, 3.05) is 37.7 Å². The molecular formula is C13H20N2O4S. The summed E-state index contributed by atoms with van der Waals surface area (Å²) in [6.45, 7) is 4.10. The van der Waals surface area contributed by atoms with Crippen molar-refractivity contribution < 1.29 is 18.3 Å². The molecule has 1 aromatic rings. The van der Waals surface area contributed by atoms with Gasteiger partial charge in [0, 0.05) is 13.1 Å². The lowest BCUT2D eigenvalue weighted by molar-refractivity contribution is 0.301. The SMILES string of the molecule is CCCN1CCOc2ccc(S(=O)(=O)NCCO)cc21. The molecule has 0 radical (unpaired) electrons. The van der Waals surface area contributed by atoms with Gasteiger partial charge in [-0.3, -0.25) is 0 Å². The molecule has 1 aliphatic rings. The van der Waals surface area contributed by atoms with E-state index in [1.165, 1.54) is 6.07 Å². The molecule has 0 fully saturated rings. The number of ether oxygens (including phenoxy) is 1. The van der Waals surface area contributed by atoms with Crippen molar-refractivity contribution >= 4 is 15.7 Å². The molecule has 0 spiro atoms. The van der Waals surface area contributed by atoms with Crippen molar-refractivity contribution in [1.82, 2.24) is 4.72 Å². The van der Waals surface area contributed by atoms with Crippen LogP contribution in [0.15, 0.2) is 23.1 Å². The first-order valence-electron chi connectivity index (χ1n) is 6.71. The summed E-state index contributed by atoms with van der Waals surface area (Å²) in [5.74, 6) is 0.714. The summed E-state index contributed by atoms with van der Waals surface area (Å²) in [6.07, 6.45) is 0.985. The fourth-order valence-corrected chi connectivity index (χ4v) is 3.23. The fourth-order valence-electron chi connectivity index (χ4n) is 2.19. The van der Waals surface area contributed by atoms with E-state index < -0.39 is 10.0 Å². The molecule has 0 bridgehead atoms. The molecule has 0 atom stereocenters. The standard InChI is InChI=1S/C13H20N2O4S/c1-2-6-15-7-9-19-13-4-3-11(10-12(13)15)20(17,18)14-5-8-16/h3-4,10,14,16H,2,5-9H2,1H3. The van der Waals surface area contributed by atoms with Crippen molar-refractivity contribution in [3.05, 3.63) is 18.2 Å². The molecule has 1 aliphatic heterocycles. The van der Waals surface area contributed by atoms with Crippen molar-refractivity contribution in [2.45, 2.75) is 18.2 Å². The summed E-state index contributed by atoms with van der Waals surface area (Å²) in [5.41, 5.74) is 0.810. The van der Waals surface area contributed by atoms with Gasteiger partial charge in [-0.05, 0) is 24.6 Å². The number of hydrogen-bond acceptors (Lipinski definition) is 5. The number of aliphatic hydroxyl groups is 1. The van der Waals surface area contributed by atoms with Crippen LogP contribution >= 0.6 is 0 Å². The van der Waals surface area contributed by atoms with Crippen molar-refractivity contribution in [2.24, 2.45) is 0 Å². The molecule has 0 unspecified atom stereocenters. The van der Waals surface area contributed by atoms with E-state index in [0.717, 1.165) is 25.2 Å². The Morgan fingerprint density at radius 2 is 2.25 bits per heavy atom. The molecule has 0 amide bonds. The highest BCUT2D eigenvalue weighted by molar-refractivity contribution is 7.89. The lowest BCUT2D eigenvalue weighted by Gasteiger charge is -2.31. The van der Waals surface area contributed by atoms with Crippen LogP contribution in [-0.4, -0.2) is 46.4 Å². The number of rotatable bonds is 6. The summed E-state index contributed by atoms with van der Waals surface area (Å²) >= 11 is 0. The average Bonchev–Trinajstić information content (AvgIpc) is 2.45. The van der Waals surface area contributed by atoms with E-state index in [4.69, 9.17) is 9.84 Å². The van der Waals surface area contributed by atoms with Gasteiger partial charge in [0.05, 0.1) is 23.7 Å². The fraction of sp³-hybridized carbons (Fsp3) is 0.538. The molecule has 0 aliphatic carbocycles. The maximum Gasteiger partial charge on any atom is 0.240 e. The first-order chi connectivity index (χ1) is 9.58. The first-order valence-corrected chi connectivity index (χ1v) is 8.19. The summed E-state index contributed by atoms with van der Waals surface area (Å²) in [6, 6.07) is 4.84. The maximum absolute atomic E-state index is 12.1.